The van der Waals surface area contributed by atoms with Crippen molar-refractivity contribution in [2.75, 3.05) is 52.6 Å². The van der Waals surface area contributed by atoms with Crippen LogP contribution in [0.5, 0.6) is 0 Å². The molecule has 3 aliphatic rings. The first-order chi connectivity index (χ1) is 13.8. The number of morpholine rings is 1. The molecule has 3 aliphatic heterocycles. The summed E-state index contributed by atoms with van der Waals surface area (Å²) in [5.74, 6) is 3.30. The van der Waals surface area contributed by atoms with Crippen LogP contribution in [0.15, 0.2) is 0 Å². The van der Waals surface area contributed by atoms with Crippen LogP contribution in [0, 0.1) is 5.92 Å². The van der Waals surface area contributed by atoms with Crippen molar-refractivity contribution in [2.45, 2.75) is 51.0 Å². The molecule has 4 rings (SSSR count). The number of carbonyl (C=O) groups is 1. The zero-order chi connectivity index (χ0) is 19.2. The number of carbonyl (C=O) groups excluding carboxylic acids is 1. The minimum absolute atomic E-state index is 0.181. The molecular formula is C20H33N5O3. The van der Waals surface area contributed by atoms with Crippen molar-refractivity contribution in [2.24, 2.45) is 5.92 Å². The third-order valence-electron chi connectivity index (χ3n) is 6.31. The molecular weight excluding hydrogens is 358 g/mol. The molecule has 0 saturated carbocycles. The van der Waals surface area contributed by atoms with Crippen molar-refractivity contribution in [3.8, 4) is 0 Å². The predicted molar refractivity (Wildman–Crippen MR) is 104 cm³/mol. The van der Waals surface area contributed by atoms with E-state index in [1.807, 2.05) is 0 Å². The van der Waals surface area contributed by atoms with Crippen LogP contribution in [0.3, 0.4) is 0 Å². The van der Waals surface area contributed by atoms with E-state index in [1.54, 1.807) is 0 Å². The van der Waals surface area contributed by atoms with Gasteiger partial charge in [-0.2, -0.15) is 0 Å². The summed E-state index contributed by atoms with van der Waals surface area (Å²) in [6.07, 6.45) is 5.65. The lowest BCUT2D eigenvalue weighted by molar-refractivity contribution is -0.122. The average molecular weight is 392 g/mol. The third kappa shape index (κ3) is 5.10. The zero-order valence-electron chi connectivity index (χ0n) is 16.8. The summed E-state index contributed by atoms with van der Waals surface area (Å²) in [7, 11) is 0. The number of aryl methyl sites for hydroxylation is 1. The van der Waals surface area contributed by atoms with Gasteiger partial charge >= 0.3 is 0 Å². The van der Waals surface area contributed by atoms with Crippen LogP contribution in [-0.4, -0.2) is 78.2 Å². The number of amides is 1. The Hall–Kier alpha value is -1.51. The van der Waals surface area contributed by atoms with Gasteiger partial charge in [0.2, 0.25) is 5.91 Å². The van der Waals surface area contributed by atoms with Crippen LogP contribution in [0.25, 0.3) is 0 Å². The van der Waals surface area contributed by atoms with E-state index in [0.29, 0.717) is 18.3 Å². The Balaban J connectivity index is 1.22. The molecule has 1 unspecified atom stereocenters. The second-order valence-corrected chi connectivity index (χ2v) is 8.21. The third-order valence-corrected chi connectivity index (χ3v) is 6.31. The van der Waals surface area contributed by atoms with Crippen LogP contribution in [0.4, 0.5) is 0 Å². The number of hydrogen-bond donors (Lipinski definition) is 1. The fourth-order valence-corrected chi connectivity index (χ4v) is 4.54. The monoisotopic (exact) mass is 391 g/mol. The molecule has 0 bridgehead atoms. The number of ether oxygens (including phenoxy) is 2. The summed E-state index contributed by atoms with van der Waals surface area (Å²) >= 11 is 0. The molecule has 1 amide bonds. The standard InChI is InChI=1S/C20H33N5O3/c26-19(21-6-8-24-9-13-28-14-10-24)15-16-1-2-18-22-23-20(25(18)7-3-16)17-4-11-27-12-5-17/h16-17H,1-15H2,(H,21,26). The Kier molecular flexibility index (Phi) is 6.93. The Bertz CT molecular complexity index is 638. The van der Waals surface area contributed by atoms with Crippen LogP contribution >= 0.6 is 0 Å². The van der Waals surface area contributed by atoms with Crippen molar-refractivity contribution in [3.63, 3.8) is 0 Å². The maximum absolute atomic E-state index is 12.4. The summed E-state index contributed by atoms with van der Waals surface area (Å²) in [6, 6.07) is 0. The van der Waals surface area contributed by atoms with E-state index in [-0.39, 0.29) is 5.91 Å². The van der Waals surface area contributed by atoms with Gasteiger partial charge < -0.3 is 19.4 Å². The lowest BCUT2D eigenvalue weighted by Crippen LogP contribution is -2.41. The van der Waals surface area contributed by atoms with Crippen molar-refractivity contribution >= 4 is 5.91 Å². The number of rotatable bonds is 6. The second kappa shape index (κ2) is 9.80. The molecule has 1 atom stereocenters. The van der Waals surface area contributed by atoms with E-state index >= 15 is 0 Å². The Morgan fingerprint density at radius 3 is 2.61 bits per heavy atom. The SMILES string of the molecule is O=C(CC1CCc2nnc(C3CCOCC3)n2CC1)NCCN1CCOCC1. The maximum Gasteiger partial charge on any atom is 0.220 e. The van der Waals surface area contributed by atoms with Gasteiger partial charge in [0.25, 0.3) is 0 Å². The highest BCUT2D eigenvalue weighted by atomic mass is 16.5. The van der Waals surface area contributed by atoms with Gasteiger partial charge in [-0.3, -0.25) is 9.69 Å². The average Bonchev–Trinajstić information content (AvgIpc) is 3.04. The lowest BCUT2D eigenvalue weighted by atomic mass is 9.96. The highest BCUT2D eigenvalue weighted by Gasteiger charge is 2.26. The molecule has 0 aromatic carbocycles. The van der Waals surface area contributed by atoms with Gasteiger partial charge in [-0.25, -0.2) is 0 Å². The normalized spacial score (nSPS) is 24.5. The summed E-state index contributed by atoms with van der Waals surface area (Å²) in [5.41, 5.74) is 0. The largest absolute Gasteiger partial charge is 0.381 e. The van der Waals surface area contributed by atoms with E-state index < -0.39 is 0 Å². The summed E-state index contributed by atoms with van der Waals surface area (Å²) in [4.78, 5) is 14.7. The van der Waals surface area contributed by atoms with Gasteiger partial charge in [-0.15, -0.1) is 10.2 Å². The Morgan fingerprint density at radius 2 is 1.79 bits per heavy atom. The van der Waals surface area contributed by atoms with Crippen LogP contribution in [0.1, 0.15) is 49.7 Å². The molecule has 156 valence electrons. The van der Waals surface area contributed by atoms with Gasteiger partial charge in [-0.1, -0.05) is 0 Å². The fraction of sp³-hybridized carbons (Fsp3) is 0.850. The van der Waals surface area contributed by atoms with E-state index in [2.05, 4.69) is 25.0 Å². The summed E-state index contributed by atoms with van der Waals surface area (Å²) in [6.45, 7) is 7.74. The van der Waals surface area contributed by atoms with E-state index in [0.717, 1.165) is 103 Å². The molecule has 8 heteroatoms. The topological polar surface area (TPSA) is 81.5 Å². The quantitative estimate of drug-likeness (QED) is 0.778. The minimum Gasteiger partial charge on any atom is -0.381 e. The van der Waals surface area contributed by atoms with Gasteiger partial charge in [0, 0.05) is 64.7 Å². The first kappa shape index (κ1) is 19.8. The number of nitrogens with one attached hydrogen (secondary N) is 1. The summed E-state index contributed by atoms with van der Waals surface area (Å²) in [5, 5.41) is 12.1. The molecule has 1 N–H and O–H groups in total. The van der Waals surface area contributed by atoms with E-state index in [9.17, 15) is 4.79 Å². The second-order valence-electron chi connectivity index (χ2n) is 8.21. The van der Waals surface area contributed by atoms with Crippen molar-refractivity contribution < 1.29 is 14.3 Å². The van der Waals surface area contributed by atoms with Crippen LogP contribution < -0.4 is 5.32 Å². The zero-order valence-corrected chi connectivity index (χ0v) is 16.8. The van der Waals surface area contributed by atoms with Gasteiger partial charge in [0.1, 0.15) is 11.6 Å². The Morgan fingerprint density at radius 1 is 1.00 bits per heavy atom. The van der Waals surface area contributed by atoms with Crippen molar-refractivity contribution in [3.05, 3.63) is 11.6 Å². The number of hydrogen-bond acceptors (Lipinski definition) is 6. The molecule has 0 spiro atoms. The Labute approximate surface area is 167 Å². The predicted octanol–water partition coefficient (Wildman–Crippen LogP) is 0.963. The van der Waals surface area contributed by atoms with Gasteiger partial charge in [-0.05, 0) is 31.6 Å². The number of nitrogens with zero attached hydrogens (tertiary/aromatic N) is 4. The first-order valence-electron chi connectivity index (χ1n) is 10.9. The smallest absolute Gasteiger partial charge is 0.220 e. The van der Waals surface area contributed by atoms with Crippen molar-refractivity contribution in [1.82, 2.24) is 25.0 Å². The van der Waals surface area contributed by atoms with E-state index in [4.69, 9.17) is 9.47 Å². The number of fused-ring (bicyclic) bond motifs is 1. The molecule has 1 aromatic rings. The highest BCUT2D eigenvalue weighted by Crippen LogP contribution is 2.29. The van der Waals surface area contributed by atoms with Gasteiger partial charge in [0.05, 0.1) is 13.2 Å². The molecule has 0 radical (unpaired) electrons. The molecule has 8 nitrogen and oxygen atoms in total. The lowest BCUT2D eigenvalue weighted by Gasteiger charge is -2.26. The molecule has 2 saturated heterocycles. The van der Waals surface area contributed by atoms with Crippen molar-refractivity contribution in [1.29, 1.82) is 0 Å². The molecule has 1 aromatic heterocycles. The molecule has 0 aliphatic carbocycles. The highest BCUT2D eigenvalue weighted by molar-refractivity contribution is 5.76. The van der Waals surface area contributed by atoms with E-state index in [1.165, 1.54) is 0 Å². The summed E-state index contributed by atoms with van der Waals surface area (Å²) < 4.78 is 13.2. The molecule has 4 heterocycles. The molecule has 2 fully saturated rings. The van der Waals surface area contributed by atoms with Gasteiger partial charge in [0.15, 0.2) is 0 Å². The molecule has 28 heavy (non-hydrogen) atoms. The minimum atomic E-state index is 0.181. The van der Waals surface area contributed by atoms with Crippen LogP contribution in [0.2, 0.25) is 0 Å². The maximum atomic E-state index is 12.4. The fourth-order valence-electron chi connectivity index (χ4n) is 4.54. The van der Waals surface area contributed by atoms with Crippen LogP contribution in [-0.2, 0) is 27.2 Å². The number of aromatic nitrogens is 3. The first-order valence-corrected chi connectivity index (χ1v) is 10.9.